The summed E-state index contributed by atoms with van der Waals surface area (Å²) in [5.74, 6) is -0.276. The molecule has 0 aliphatic rings. The van der Waals surface area contributed by atoms with Gasteiger partial charge in [0.2, 0.25) is 10.0 Å². The normalized spacial score (nSPS) is 11.8. The van der Waals surface area contributed by atoms with Crippen LogP contribution in [0.4, 0.5) is 4.39 Å². The van der Waals surface area contributed by atoms with E-state index < -0.39 is 10.0 Å². The average Bonchev–Trinajstić information content (AvgIpc) is 2.91. The SMILES string of the molecule is Cc1cc(CNS(=O)(=O)c2ccsc2CO)cc(C)c1F. The van der Waals surface area contributed by atoms with E-state index in [4.69, 9.17) is 5.11 Å². The molecule has 0 saturated heterocycles. The maximum atomic E-state index is 13.5. The van der Waals surface area contributed by atoms with Crippen molar-refractivity contribution in [3.8, 4) is 0 Å². The van der Waals surface area contributed by atoms with Crippen molar-refractivity contribution < 1.29 is 17.9 Å². The minimum absolute atomic E-state index is 0.0744. The molecule has 0 aliphatic heterocycles. The summed E-state index contributed by atoms with van der Waals surface area (Å²) >= 11 is 1.19. The van der Waals surface area contributed by atoms with Gasteiger partial charge in [-0.1, -0.05) is 12.1 Å². The average molecular weight is 329 g/mol. The molecule has 2 aromatic rings. The Balaban J connectivity index is 2.20. The van der Waals surface area contributed by atoms with Gasteiger partial charge >= 0.3 is 0 Å². The molecule has 0 aliphatic carbocycles. The number of nitrogens with one attached hydrogen (secondary N) is 1. The molecule has 2 N–H and O–H groups in total. The van der Waals surface area contributed by atoms with Crippen molar-refractivity contribution in [1.29, 1.82) is 0 Å². The molecule has 1 heterocycles. The van der Waals surface area contributed by atoms with Crippen molar-refractivity contribution in [3.05, 3.63) is 51.0 Å². The minimum atomic E-state index is -3.69. The topological polar surface area (TPSA) is 66.4 Å². The Bertz CT molecular complexity index is 730. The highest BCUT2D eigenvalue weighted by molar-refractivity contribution is 7.89. The van der Waals surface area contributed by atoms with Crippen molar-refractivity contribution in [2.24, 2.45) is 0 Å². The third-order valence-corrected chi connectivity index (χ3v) is 5.62. The molecule has 1 aromatic heterocycles. The van der Waals surface area contributed by atoms with Crippen LogP contribution < -0.4 is 4.72 Å². The van der Waals surface area contributed by atoms with Gasteiger partial charge in [-0.25, -0.2) is 17.5 Å². The smallest absolute Gasteiger partial charge is 0.242 e. The van der Waals surface area contributed by atoms with Crippen LogP contribution in [0.2, 0.25) is 0 Å². The maximum Gasteiger partial charge on any atom is 0.242 e. The van der Waals surface area contributed by atoms with Crippen LogP contribution in [0, 0.1) is 19.7 Å². The van der Waals surface area contributed by atoms with Crippen LogP contribution in [-0.4, -0.2) is 13.5 Å². The molecule has 0 unspecified atom stereocenters. The summed E-state index contributed by atoms with van der Waals surface area (Å²) in [6.45, 7) is 3.04. The Morgan fingerprint density at radius 2 is 1.90 bits per heavy atom. The van der Waals surface area contributed by atoms with Gasteiger partial charge in [-0.3, -0.25) is 0 Å². The predicted molar refractivity (Wildman–Crippen MR) is 80.1 cm³/mol. The van der Waals surface area contributed by atoms with Crippen LogP contribution in [-0.2, 0) is 23.2 Å². The summed E-state index contributed by atoms with van der Waals surface area (Å²) in [6.07, 6.45) is 0. The monoisotopic (exact) mass is 329 g/mol. The highest BCUT2D eigenvalue weighted by atomic mass is 32.2. The first-order chi connectivity index (χ1) is 9.85. The Hall–Kier alpha value is -1.28. The first kappa shape index (κ1) is 16.1. The number of thiophene rings is 1. The summed E-state index contributed by atoms with van der Waals surface area (Å²) in [4.78, 5) is 0.486. The molecule has 0 atom stereocenters. The quantitative estimate of drug-likeness (QED) is 0.885. The minimum Gasteiger partial charge on any atom is -0.391 e. The summed E-state index contributed by atoms with van der Waals surface area (Å²) in [7, 11) is -3.69. The number of aryl methyl sites for hydroxylation is 2. The van der Waals surface area contributed by atoms with Gasteiger partial charge in [0.05, 0.1) is 11.5 Å². The largest absolute Gasteiger partial charge is 0.391 e. The lowest BCUT2D eigenvalue weighted by Gasteiger charge is -2.09. The van der Waals surface area contributed by atoms with Crippen LogP contribution in [0.5, 0.6) is 0 Å². The molecule has 21 heavy (non-hydrogen) atoms. The summed E-state index contributed by atoms with van der Waals surface area (Å²) < 4.78 is 40.4. The number of hydrogen-bond donors (Lipinski definition) is 2. The molecule has 0 radical (unpaired) electrons. The predicted octanol–water partition coefficient (Wildman–Crippen LogP) is 2.47. The zero-order valence-corrected chi connectivity index (χ0v) is 13.3. The highest BCUT2D eigenvalue weighted by Crippen LogP contribution is 2.22. The maximum absolute atomic E-state index is 13.5. The van der Waals surface area contributed by atoms with E-state index in [2.05, 4.69) is 4.72 Å². The summed E-state index contributed by atoms with van der Waals surface area (Å²) in [5.41, 5.74) is 1.65. The van der Waals surface area contributed by atoms with Crippen LogP contribution in [0.25, 0.3) is 0 Å². The van der Waals surface area contributed by atoms with Crippen LogP contribution in [0.1, 0.15) is 21.6 Å². The molecule has 0 bridgehead atoms. The van der Waals surface area contributed by atoms with Crippen LogP contribution in [0.3, 0.4) is 0 Å². The third kappa shape index (κ3) is 3.49. The zero-order valence-electron chi connectivity index (χ0n) is 11.7. The lowest BCUT2D eigenvalue weighted by Crippen LogP contribution is -2.23. The Kier molecular flexibility index (Phi) is 4.77. The Morgan fingerprint density at radius 3 is 2.48 bits per heavy atom. The number of hydrogen-bond acceptors (Lipinski definition) is 4. The van der Waals surface area contributed by atoms with Gasteiger partial charge in [0, 0.05) is 11.4 Å². The second-order valence-corrected chi connectivity index (χ2v) is 7.47. The molecule has 1 aromatic carbocycles. The number of aliphatic hydroxyl groups excluding tert-OH is 1. The van der Waals surface area contributed by atoms with Gasteiger partial charge in [0.25, 0.3) is 0 Å². The molecule has 2 rings (SSSR count). The third-order valence-electron chi connectivity index (χ3n) is 3.10. The molecule has 0 fully saturated rings. The number of benzene rings is 1. The van der Waals surface area contributed by atoms with E-state index in [0.717, 1.165) is 0 Å². The number of rotatable bonds is 5. The van der Waals surface area contributed by atoms with Gasteiger partial charge in [-0.05, 0) is 42.0 Å². The van der Waals surface area contributed by atoms with Crippen molar-refractivity contribution >= 4 is 21.4 Å². The first-order valence-electron chi connectivity index (χ1n) is 6.27. The zero-order chi connectivity index (χ0) is 15.6. The summed E-state index contributed by atoms with van der Waals surface area (Å²) in [5, 5.41) is 10.8. The van der Waals surface area contributed by atoms with E-state index >= 15 is 0 Å². The van der Waals surface area contributed by atoms with E-state index in [1.54, 1.807) is 31.4 Å². The Morgan fingerprint density at radius 1 is 1.29 bits per heavy atom. The number of sulfonamides is 1. The molecule has 114 valence electrons. The molecular formula is C14H16FNO3S2. The van der Waals surface area contributed by atoms with Gasteiger partial charge in [-0.2, -0.15) is 0 Å². The molecule has 0 saturated carbocycles. The van der Waals surface area contributed by atoms with E-state index in [-0.39, 0.29) is 23.9 Å². The standard InChI is InChI=1S/C14H16FNO3S2/c1-9-5-11(6-10(2)14(9)15)7-16-21(18,19)13-3-4-20-12(13)8-17/h3-6,16-17H,7-8H2,1-2H3. The lowest BCUT2D eigenvalue weighted by atomic mass is 10.1. The molecule has 4 nitrogen and oxygen atoms in total. The highest BCUT2D eigenvalue weighted by Gasteiger charge is 2.19. The second kappa shape index (κ2) is 6.23. The fraction of sp³-hybridized carbons (Fsp3) is 0.286. The van der Waals surface area contributed by atoms with Gasteiger partial charge in [0.15, 0.2) is 0 Å². The van der Waals surface area contributed by atoms with E-state index in [1.807, 2.05) is 0 Å². The van der Waals surface area contributed by atoms with Crippen molar-refractivity contribution in [2.75, 3.05) is 0 Å². The van der Waals surface area contributed by atoms with Crippen molar-refractivity contribution in [2.45, 2.75) is 31.9 Å². The van der Waals surface area contributed by atoms with E-state index in [0.29, 0.717) is 21.6 Å². The van der Waals surface area contributed by atoms with Gasteiger partial charge < -0.3 is 5.11 Å². The molecular weight excluding hydrogens is 313 g/mol. The van der Waals surface area contributed by atoms with Crippen LogP contribution >= 0.6 is 11.3 Å². The molecule has 0 amide bonds. The summed E-state index contributed by atoms with van der Waals surface area (Å²) in [6, 6.07) is 4.69. The number of halogens is 1. The van der Waals surface area contributed by atoms with E-state index in [1.165, 1.54) is 17.4 Å². The first-order valence-corrected chi connectivity index (χ1v) is 8.64. The fourth-order valence-corrected chi connectivity index (χ4v) is 4.39. The molecule has 7 heteroatoms. The number of aliphatic hydroxyl groups is 1. The lowest BCUT2D eigenvalue weighted by molar-refractivity contribution is 0.282. The van der Waals surface area contributed by atoms with E-state index in [9.17, 15) is 12.8 Å². The Labute approximate surface area is 127 Å². The van der Waals surface area contributed by atoms with Gasteiger partial charge in [0.1, 0.15) is 5.82 Å². The van der Waals surface area contributed by atoms with Crippen LogP contribution in [0.15, 0.2) is 28.5 Å². The second-order valence-electron chi connectivity index (χ2n) is 4.73. The van der Waals surface area contributed by atoms with Crippen molar-refractivity contribution in [1.82, 2.24) is 4.72 Å². The van der Waals surface area contributed by atoms with Gasteiger partial charge in [-0.15, -0.1) is 11.3 Å². The molecule has 0 spiro atoms. The van der Waals surface area contributed by atoms with Crippen molar-refractivity contribution in [3.63, 3.8) is 0 Å². The fourth-order valence-electron chi connectivity index (χ4n) is 2.08.